The van der Waals surface area contributed by atoms with Crippen molar-refractivity contribution < 1.29 is 0 Å². The number of fused-ring (bicyclic) bond motifs is 1. The fourth-order valence-corrected chi connectivity index (χ4v) is 2.68. The van der Waals surface area contributed by atoms with Gasteiger partial charge in [-0.15, -0.1) is 0 Å². The Morgan fingerprint density at radius 3 is 3.14 bits per heavy atom. The molecule has 1 fully saturated rings. The molecule has 0 saturated carbocycles. The molecule has 0 bridgehead atoms. The lowest BCUT2D eigenvalue weighted by Crippen LogP contribution is -2.16. The lowest BCUT2D eigenvalue weighted by molar-refractivity contribution is 0.511. The van der Waals surface area contributed by atoms with E-state index in [1.165, 1.54) is 43.5 Å². The Balaban J connectivity index is 1.93. The van der Waals surface area contributed by atoms with Crippen LogP contribution in [0.4, 0.5) is 0 Å². The average molecular weight is 191 g/mol. The zero-order valence-corrected chi connectivity index (χ0v) is 8.50. The van der Waals surface area contributed by atoms with Crippen LogP contribution >= 0.6 is 0 Å². The number of nitrogens with one attached hydrogen (secondary N) is 1. The highest BCUT2D eigenvalue weighted by Crippen LogP contribution is 2.25. The minimum absolute atomic E-state index is 0.671. The molecule has 0 aromatic carbocycles. The van der Waals surface area contributed by atoms with Crippen LogP contribution in [0.2, 0.25) is 0 Å². The highest BCUT2D eigenvalue weighted by atomic mass is 15.1. The molecule has 76 valence electrons. The molecule has 3 nitrogen and oxygen atoms in total. The summed E-state index contributed by atoms with van der Waals surface area (Å²) in [5, 5.41) is 3.42. The SMILES string of the molecule is c1nc2c(n1[C@H]1CCNC1)CCCC2. The van der Waals surface area contributed by atoms with Crippen LogP contribution in [0, 0.1) is 0 Å². The largest absolute Gasteiger partial charge is 0.330 e. The van der Waals surface area contributed by atoms with Gasteiger partial charge in [-0.05, 0) is 38.6 Å². The smallest absolute Gasteiger partial charge is 0.0954 e. The molecule has 3 rings (SSSR count). The van der Waals surface area contributed by atoms with E-state index in [1.807, 2.05) is 0 Å². The van der Waals surface area contributed by atoms with Crippen LogP contribution in [0.5, 0.6) is 0 Å². The van der Waals surface area contributed by atoms with Crippen LogP contribution in [0.1, 0.15) is 36.7 Å². The van der Waals surface area contributed by atoms with Crippen LogP contribution in [0.3, 0.4) is 0 Å². The fraction of sp³-hybridized carbons (Fsp3) is 0.727. The molecule has 0 spiro atoms. The summed E-state index contributed by atoms with van der Waals surface area (Å²) in [5.74, 6) is 0. The van der Waals surface area contributed by atoms with Crippen molar-refractivity contribution >= 4 is 0 Å². The minimum atomic E-state index is 0.671. The van der Waals surface area contributed by atoms with Crippen molar-refractivity contribution in [3.8, 4) is 0 Å². The van der Waals surface area contributed by atoms with Gasteiger partial charge in [-0.3, -0.25) is 0 Å². The van der Waals surface area contributed by atoms with Gasteiger partial charge in [0.2, 0.25) is 0 Å². The Morgan fingerprint density at radius 1 is 1.36 bits per heavy atom. The fourth-order valence-electron chi connectivity index (χ4n) is 2.68. The molecule has 2 aliphatic rings. The van der Waals surface area contributed by atoms with E-state index in [9.17, 15) is 0 Å². The Kier molecular flexibility index (Phi) is 2.05. The van der Waals surface area contributed by atoms with Crippen LogP contribution < -0.4 is 5.32 Å². The molecule has 1 atom stereocenters. The molecule has 3 heteroatoms. The molecule has 1 aromatic heterocycles. The van der Waals surface area contributed by atoms with E-state index in [2.05, 4.69) is 21.2 Å². The average Bonchev–Trinajstić information content (AvgIpc) is 2.85. The predicted molar refractivity (Wildman–Crippen MR) is 55.4 cm³/mol. The van der Waals surface area contributed by atoms with Crippen molar-refractivity contribution in [1.29, 1.82) is 0 Å². The number of hydrogen-bond donors (Lipinski definition) is 1. The molecule has 1 aliphatic heterocycles. The molecule has 2 heterocycles. The van der Waals surface area contributed by atoms with Crippen molar-refractivity contribution in [2.75, 3.05) is 13.1 Å². The highest BCUT2D eigenvalue weighted by Gasteiger charge is 2.22. The molecule has 1 aliphatic carbocycles. The van der Waals surface area contributed by atoms with Crippen LogP contribution in [0.15, 0.2) is 6.33 Å². The quantitative estimate of drug-likeness (QED) is 0.725. The first kappa shape index (κ1) is 8.48. The maximum Gasteiger partial charge on any atom is 0.0954 e. The third-order valence-electron chi connectivity index (χ3n) is 3.49. The number of aromatic nitrogens is 2. The lowest BCUT2D eigenvalue weighted by Gasteiger charge is -2.18. The van der Waals surface area contributed by atoms with E-state index in [0.29, 0.717) is 6.04 Å². The summed E-state index contributed by atoms with van der Waals surface area (Å²) in [4.78, 5) is 4.54. The Morgan fingerprint density at radius 2 is 2.29 bits per heavy atom. The maximum atomic E-state index is 4.54. The van der Waals surface area contributed by atoms with Gasteiger partial charge in [0, 0.05) is 18.3 Å². The number of aryl methyl sites for hydroxylation is 1. The Bertz CT molecular complexity index is 323. The highest BCUT2D eigenvalue weighted by molar-refractivity contribution is 5.17. The summed E-state index contributed by atoms with van der Waals surface area (Å²) >= 11 is 0. The third kappa shape index (κ3) is 1.27. The van der Waals surface area contributed by atoms with E-state index < -0.39 is 0 Å². The summed E-state index contributed by atoms with van der Waals surface area (Å²) in [7, 11) is 0. The number of nitrogens with zero attached hydrogens (tertiary/aromatic N) is 2. The van der Waals surface area contributed by atoms with Crippen molar-refractivity contribution in [2.45, 2.75) is 38.1 Å². The molecule has 14 heavy (non-hydrogen) atoms. The lowest BCUT2D eigenvalue weighted by atomic mass is 10.0. The number of hydrogen-bond acceptors (Lipinski definition) is 2. The van der Waals surface area contributed by atoms with Gasteiger partial charge >= 0.3 is 0 Å². The molecule has 1 N–H and O–H groups in total. The zero-order chi connectivity index (χ0) is 9.38. The van der Waals surface area contributed by atoms with Crippen LogP contribution in [-0.2, 0) is 12.8 Å². The van der Waals surface area contributed by atoms with Gasteiger partial charge in [-0.2, -0.15) is 0 Å². The van der Waals surface area contributed by atoms with Gasteiger partial charge in [-0.25, -0.2) is 4.98 Å². The Hall–Kier alpha value is -0.830. The van der Waals surface area contributed by atoms with Crippen molar-refractivity contribution in [1.82, 2.24) is 14.9 Å². The number of imidazole rings is 1. The van der Waals surface area contributed by atoms with Crippen LogP contribution in [0.25, 0.3) is 0 Å². The van der Waals surface area contributed by atoms with E-state index in [4.69, 9.17) is 0 Å². The second-order valence-corrected chi connectivity index (χ2v) is 4.40. The van der Waals surface area contributed by atoms with E-state index in [-0.39, 0.29) is 0 Å². The maximum absolute atomic E-state index is 4.54. The van der Waals surface area contributed by atoms with E-state index in [1.54, 1.807) is 0 Å². The summed E-state index contributed by atoms with van der Waals surface area (Å²) in [5.41, 5.74) is 2.88. The molecule has 0 amide bonds. The molecule has 1 saturated heterocycles. The van der Waals surface area contributed by atoms with Gasteiger partial charge in [0.1, 0.15) is 0 Å². The molecular weight excluding hydrogens is 174 g/mol. The van der Waals surface area contributed by atoms with E-state index in [0.717, 1.165) is 13.1 Å². The van der Waals surface area contributed by atoms with Gasteiger partial charge in [0.25, 0.3) is 0 Å². The Labute approximate surface area is 84.5 Å². The van der Waals surface area contributed by atoms with Gasteiger partial charge in [0.15, 0.2) is 0 Å². The van der Waals surface area contributed by atoms with Crippen LogP contribution in [-0.4, -0.2) is 22.6 Å². The standard InChI is InChI=1S/C11H17N3/c1-2-4-11-10(3-1)13-8-14(11)9-5-6-12-7-9/h8-9,12H,1-7H2/t9-/m0/s1. The first-order valence-electron chi connectivity index (χ1n) is 5.70. The zero-order valence-electron chi connectivity index (χ0n) is 8.50. The summed E-state index contributed by atoms with van der Waals surface area (Å²) < 4.78 is 2.43. The first-order valence-corrected chi connectivity index (χ1v) is 5.70. The van der Waals surface area contributed by atoms with Gasteiger partial charge < -0.3 is 9.88 Å². The molecule has 0 unspecified atom stereocenters. The summed E-state index contributed by atoms with van der Waals surface area (Å²) in [6, 6.07) is 0.671. The van der Waals surface area contributed by atoms with E-state index >= 15 is 0 Å². The van der Waals surface area contributed by atoms with Crippen molar-refractivity contribution in [2.24, 2.45) is 0 Å². The second-order valence-electron chi connectivity index (χ2n) is 4.40. The molecular formula is C11H17N3. The second kappa shape index (κ2) is 3.39. The molecule has 0 radical (unpaired) electrons. The molecule has 1 aromatic rings. The summed E-state index contributed by atoms with van der Waals surface area (Å²) in [6.45, 7) is 2.29. The predicted octanol–water partition coefficient (Wildman–Crippen LogP) is 1.30. The summed E-state index contributed by atoms with van der Waals surface area (Å²) in [6.07, 6.45) is 8.44. The van der Waals surface area contributed by atoms with Gasteiger partial charge in [-0.1, -0.05) is 0 Å². The van der Waals surface area contributed by atoms with Crippen molar-refractivity contribution in [3.05, 3.63) is 17.7 Å². The first-order chi connectivity index (χ1) is 6.95. The van der Waals surface area contributed by atoms with Gasteiger partial charge in [0.05, 0.1) is 12.0 Å². The normalized spacial score (nSPS) is 26.4. The minimum Gasteiger partial charge on any atom is -0.330 e. The monoisotopic (exact) mass is 191 g/mol. The topological polar surface area (TPSA) is 29.9 Å². The number of rotatable bonds is 1. The van der Waals surface area contributed by atoms with Crippen molar-refractivity contribution in [3.63, 3.8) is 0 Å². The third-order valence-corrected chi connectivity index (χ3v) is 3.49.